The second-order valence-electron chi connectivity index (χ2n) is 6.96. The van der Waals surface area contributed by atoms with E-state index in [4.69, 9.17) is 9.47 Å². The zero-order chi connectivity index (χ0) is 20.4. The largest absolute Gasteiger partial charge is 0.503 e. The van der Waals surface area contributed by atoms with Crippen LogP contribution in [0.2, 0.25) is 0 Å². The summed E-state index contributed by atoms with van der Waals surface area (Å²) in [6.45, 7) is 2.02. The molecule has 3 aromatic rings. The molecule has 1 amide bonds. The Morgan fingerprint density at radius 2 is 2.24 bits per heavy atom. The average Bonchev–Trinajstić information content (AvgIpc) is 3.09. The van der Waals surface area contributed by atoms with Gasteiger partial charge in [0.25, 0.3) is 5.91 Å². The summed E-state index contributed by atoms with van der Waals surface area (Å²) in [7, 11) is 3.52. The molecule has 0 aliphatic carbocycles. The van der Waals surface area contributed by atoms with E-state index in [2.05, 4.69) is 27.2 Å². The lowest BCUT2D eigenvalue weighted by molar-refractivity contribution is 0.101. The van der Waals surface area contributed by atoms with Crippen LogP contribution in [0.15, 0.2) is 30.5 Å². The number of anilines is 1. The fourth-order valence-corrected chi connectivity index (χ4v) is 4.25. The van der Waals surface area contributed by atoms with Crippen LogP contribution in [0.3, 0.4) is 0 Å². The van der Waals surface area contributed by atoms with Gasteiger partial charge in [0.15, 0.2) is 22.3 Å². The van der Waals surface area contributed by atoms with Gasteiger partial charge in [-0.1, -0.05) is 11.3 Å². The van der Waals surface area contributed by atoms with Gasteiger partial charge in [-0.15, -0.1) is 0 Å². The van der Waals surface area contributed by atoms with Crippen LogP contribution in [-0.4, -0.2) is 59.2 Å². The van der Waals surface area contributed by atoms with Crippen molar-refractivity contribution in [3.63, 3.8) is 0 Å². The molecule has 0 radical (unpaired) electrons. The molecule has 9 heteroatoms. The van der Waals surface area contributed by atoms with E-state index in [1.54, 1.807) is 0 Å². The number of methoxy groups -OCH3 is 1. The third-order valence-electron chi connectivity index (χ3n) is 4.79. The molecule has 1 aliphatic heterocycles. The highest BCUT2D eigenvalue weighted by Gasteiger charge is 2.20. The molecular formula is C20H22N4O4S. The number of benzene rings is 1. The maximum Gasteiger partial charge on any atom is 0.280 e. The summed E-state index contributed by atoms with van der Waals surface area (Å²) in [5, 5.41) is 13.2. The highest BCUT2D eigenvalue weighted by Crippen LogP contribution is 2.32. The summed E-state index contributed by atoms with van der Waals surface area (Å²) in [6.07, 6.45) is 3.76. The second-order valence-corrected chi connectivity index (χ2v) is 7.99. The minimum absolute atomic E-state index is 0.117. The van der Waals surface area contributed by atoms with Crippen LogP contribution < -0.4 is 14.8 Å². The zero-order valence-corrected chi connectivity index (χ0v) is 17.0. The van der Waals surface area contributed by atoms with Gasteiger partial charge in [0.05, 0.1) is 17.3 Å². The summed E-state index contributed by atoms with van der Waals surface area (Å²) in [5.74, 6) is 0.125. The van der Waals surface area contributed by atoms with E-state index in [1.165, 1.54) is 30.7 Å². The van der Waals surface area contributed by atoms with E-state index in [9.17, 15) is 9.90 Å². The van der Waals surface area contributed by atoms with Crippen LogP contribution in [0.25, 0.3) is 10.2 Å². The summed E-state index contributed by atoms with van der Waals surface area (Å²) >= 11 is 1.34. The molecular weight excluding hydrogens is 392 g/mol. The molecule has 1 unspecified atom stereocenters. The number of thiazole rings is 1. The number of aromatic nitrogens is 2. The quantitative estimate of drug-likeness (QED) is 0.662. The van der Waals surface area contributed by atoms with Crippen LogP contribution in [0, 0.1) is 0 Å². The number of carbonyl (C=O) groups is 1. The first-order chi connectivity index (χ1) is 14.0. The van der Waals surface area contributed by atoms with Crippen LogP contribution in [0.1, 0.15) is 23.3 Å². The van der Waals surface area contributed by atoms with Gasteiger partial charge < -0.3 is 19.5 Å². The summed E-state index contributed by atoms with van der Waals surface area (Å²) in [4.78, 5) is 23.1. The Bertz CT molecular complexity index is 1040. The first-order valence-electron chi connectivity index (χ1n) is 9.32. The first-order valence-corrected chi connectivity index (χ1v) is 10.1. The van der Waals surface area contributed by atoms with E-state index in [1.807, 2.05) is 18.2 Å². The Labute approximate surface area is 172 Å². The smallest absolute Gasteiger partial charge is 0.280 e. The summed E-state index contributed by atoms with van der Waals surface area (Å²) in [6, 6.07) is 7.20. The van der Waals surface area contributed by atoms with Gasteiger partial charge in [-0.2, -0.15) is 0 Å². The normalized spacial score (nSPS) is 17.2. The van der Waals surface area contributed by atoms with Gasteiger partial charge in [0, 0.05) is 18.8 Å². The molecule has 2 aromatic heterocycles. The SMILES string of the molecule is COc1ccnc(C(=O)Nc2nc3ccc(OC4CCCN(C)C4)cc3s2)c1O. The van der Waals surface area contributed by atoms with Crippen molar-refractivity contribution < 1.29 is 19.4 Å². The predicted octanol–water partition coefficient (Wildman–Crippen LogP) is 3.13. The van der Waals surface area contributed by atoms with Gasteiger partial charge >= 0.3 is 0 Å². The molecule has 0 spiro atoms. The number of amides is 1. The van der Waals surface area contributed by atoms with Crippen molar-refractivity contribution in [3.8, 4) is 17.2 Å². The maximum atomic E-state index is 12.5. The number of hydrogen-bond donors (Lipinski definition) is 2. The number of piperidine rings is 1. The van der Waals surface area contributed by atoms with Crippen molar-refractivity contribution >= 4 is 32.6 Å². The zero-order valence-electron chi connectivity index (χ0n) is 16.2. The molecule has 29 heavy (non-hydrogen) atoms. The van der Waals surface area contributed by atoms with Gasteiger partial charge in [-0.25, -0.2) is 9.97 Å². The predicted molar refractivity (Wildman–Crippen MR) is 111 cm³/mol. The Hall–Kier alpha value is -2.91. The molecule has 152 valence electrons. The van der Waals surface area contributed by atoms with Crippen molar-refractivity contribution in [3.05, 3.63) is 36.2 Å². The second kappa shape index (κ2) is 8.22. The third-order valence-corrected chi connectivity index (χ3v) is 5.72. The molecule has 1 aromatic carbocycles. The number of fused-ring (bicyclic) bond motifs is 1. The topological polar surface area (TPSA) is 96.8 Å². The third kappa shape index (κ3) is 4.25. The van der Waals surface area contributed by atoms with E-state index >= 15 is 0 Å². The van der Waals surface area contributed by atoms with Gasteiger partial charge in [-0.3, -0.25) is 10.1 Å². The van der Waals surface area contributed by atoms with Crippen molar-refractivity contribution in [2.45, 2.75) is 18.9 Å². The molecule has 1 saturated heterocycles. The standard InChI is InChI=1S/C20H22N4O4S/c1-24-9-3-4-13(11-24)28-12-5-6-14-16(10-12)29-20(22-14)23-19(26)17-18(25)15(27-2)7-8-21-17/h5-8,10,13,25H,3-4,9,11H2,1-2H3,(H,22,23,26). The van der Waals surface area contributed by atoms with Crippen LogP contribution >= 0.6 is 11.3 Å². The fourth-order valence-electron chi connectivity index (χ4n) is 3.36. The lowest BCUT2D eigenvalue weighted by Gasteiger charge is -2.29. The van der Waals surface area contributed by atoms with Gasteiger partial charge in [-0.05, 0) is 44.6 Å². The first kappa shape index (κ1) is 19.4. The number of likely N-dealkylation sites (tertiary alicyclic amines) is 1. The van der Waals surface area contributed by atoms with Gasteiger partial charge in [0.2, 0.25) is 0 Å². The highest BCUT2D eigenvalue weighted by molar-refractivity contribution is 7.22. The lowest BCUT2D eigenvalue weighted by atomic mass is 10.1. The summed E-state index contributed by atoms with van der Waals surface area (Å²) < 4.78 is 12.1. The fraction of sp³-hybridized carbons (Fsp3) is 0.350. The van der Waals surface area contributed by atoms with Crippen LogP contribution in [-0.2, 0) is 0 Å². The van der Waals surface area contributed by atoms with Crippen LogP contribution in [0.5, 0.6) is 17.2 Å². The molecule has 1 aliphatic rings. The van der Waals surface area contributed by atoms with Gasteiger partial charge in [0.1, 0.15) is 11.9 Å². The number of carbonyl (C=O) groups excluding carboxylic acids is 1. The van der Waals surface area contributed by atoms with Crippen molar-refractivity contribution in [1.82, 2.24) is 14.9 Å². The minimum atomic E-state index is -0.554. The number of hydrogen-bond acceptors (Lipinski definition) is 8. The Balaban J connectivity index is 1.50. The average molecular weight is 414 g/mol. The van der Waals surface area contributed by atoms with Crippen molar-refractivity contribution in [2.75, 3.05) is 32.6 Å². The van der Waals surface area contributed by atoms with Crippen molar-refractivity contribution in [1.29, 1.82) is 0 Å². The lowest BCUT2D eigenvalue weighted by Crippen LogP contribution is -2.38. The van der Waals surface area contributed by atoms with Crippen molar-refractivity contribution in [2.24, 2.45) is 0 Å². The van der Waals surface area contributed by atoms with E-state index in [-0.39, 0.29) is 23.3 Å². The number of nitrogens with one attached hydrogen (secondary N) is 1. The number of nitrogens with zero attached hydrogens (tertiary/aromatic N) is 3. The highest BCUT2D eigenvalue weighted by atomic mass is 32.1. The molecule has 2 N–H and O–H groups in total. The number of ether oxygens (including phenoxy) is 2. The summed E-state index contributed by atoms with van der Waals surface area (Å²) in [5.41, 5.74) is 0.648. The Morgan fingerprint density at radius 3 is 3.03 bits per heavy atom. The molecule has 8 nitrogen and oxygen atoms in total. The molecule has 4 rings (SSSR count). The number of likely N-dealkylation sites (N-methyl/N-ethyl adjacent to an activating group) is 1. The number of aromatic hydroxyl groups is 1. The minimum Gasteiger partial charge on any atom is -0.503 e. The Kier molecular flexibility index (Phi) is 5.50. The van der Waals surface area contributed by atoms with E-state index in [0.29, 0.717) is 5.13 Å². The molecule has 0 saturated carbocycles. The maximum absolute atomic E-state index is 12.5. The Morgan fingerprint density at radius 1 is 1.38 bits per heavy atom. The molecule has 3 heterocycles. The van der Waals surface area contributed by atoms with E-state index < -0.39 is 5.91 Å². The molecule has 0 bridgehead atoms. The number of rotatable bonds is 5. The molecule has 1 fully saturated rings. The monoisotopic (exact) mass is 414 g/mol. The van der Waals surface area contributed by atoms with E-state index in [0.717, 1.165) is 41.9 Å². The van der Waals surface area contributed by atoms with Crippen LogP contribution in [0.4, 0.5) is 5.13 Å². The number of pyridine rings is 1. The molecule has 1 atom stereocenters.